The highest BCUT2D eigenvalue weighted by Crippen LogP contribution is 2.18. The van der Waals surface area contributed by atoms with E-state index in [1.807, 2.05) is 6.92 Å². The molecule has 1 rings (SSSR count). The Labute approximate surface area is 119 Å². The maximum Gasteiger partial charge on any atom is 0.251 e. The standard InChI is InChI=1S/C13H20N2O4S/c1-3-19-12-8-10(7-11(14)9-12)13(16)15-5-6-20(17,18)4-2/h7-9H,3-6,14H2,1-2H3,(H,15,16). The summed E-state index contributed by atoms with van der Waals surface area (Å²) in [6.07, 6.45) is 0. The Morgan fingerprint density at radius 3 is 2.60 bits per heavy atom. The molecule has 0 aliphatic rings. The highest BCUT2D eigenvalue weighted by atomic mass is 32.2. The van der Waals surface area contributed by atoms with Crippen LogP contribution < -0.4 is 15.8 Å². The van der Waals surface area contributed by atoms with Crippen molar-refractivity contribution in [2.75, 3.05) is 30.4 Å². The SMILES string of the molecule is CCOc1cc(N)cc(C(=O)NCCS(=O)(=O)CC)c1. The second-order valence-corrected chi connectivity index (χ2v) is 6.69. The van der Waals surface area contributed by atoms with Crippen LogP contribution in [0.1, 0.15) is 24.2 Å². The number of nitrogens with two attached hydrogens (primary N) is 1. The van der Waals surface area contributed by atoms with Crippen molar-refractivity contribution in [3.05, 3.63) is 23.8 Å². The molecule has 3 N–H and O–H groups in total. The summed E-state index contributed by atoms with van der Waals surface area (Å²) in [6.45, 7) is 3.95. The molecule has 0 atom stereocenters. The molecule has 0 bridgehead atoms. The van der Waals surface area contributed by atoms with Crippen molar-refractivity contribution in [2.45, 2.75) is 13.8 Å². The predicted octanol–water partition coefficient (Wildman–Crippen LogP) is 0.832. The molecule has 0 spiro atoms. The summed E-state index contributed by atoms with van der Waals surface area (Å²) in [6, 6.07) is 4.72. The van der Waals surface area contributed by atoms with Crippen molar-refractivity contribution in [3.63, 3.8) is 0 Å². The number of amides is 1. The number of anilines is 1. The van der Waals surface area contributed by atoms with Crippen molar-refractivity contribution >= 4 is 21.4 Å². The molecule has 0 unspecified atom stereocenters. The molecule has 0 saturated carbocycles. The van der Waals surface area contributed by atoms with Crippen LogP contribution in [0.2, 0.25) is 0 Å². The number of sulfone groups is 1. The minimum Gasteiger partial charge on any atom is -0.494 e. The molecule has 0 fully saturated rings. The highest BCUT2D eigenvalue weighted by molar-refractivity contribution is 7.91. The zero-order chi connectivity index (χ0) is 15.2. The number of ether oxygens (including phenoxy) is 1. The zero-order valence-corrected chi connectivity index (χ0v) is 12.5. The zero-order valence-electron chi connectivity index (χ0n) is 11.7. The van der Waals surface area contributed by atoms with Crippen LogP contribution in [0.4, 0.5) is 5.69 Å². The van der Waals surface area contributed by atoms with E-state index in [-0.39, 0.29) is 24.0 Å². The first-order valence-electron chi connectivity index (χ1n) is 6.40. The summed E-state index contributed by atoms with van der Waals surface area (Å²) in [4.78, 5) is 11.9. The van der Waals surface area contributed by atoms with Crippen LogP contribution >= 0.6 is 0 Å². The molecule has 1 amide bonds. The summed E-state index contributed by atoms with van der Waals surface area (Å²) >= 11 is 0. The van der Waals surface area contributed by atoms with Crippen molar-refractivity contribution < 1.29 is 17.9 Å². The molecule has 0 saturated heterocycles. The third-order valence-corrected chi connectivity index (χ3v) is 4.35. The number of nitrogens with one attached hydrogen (secondary N) is 1. The largest absolute Gasteiger partial charge is 0.494 e. The van der Waals surface area contributed by atoms with Gasteiger partial charge in [0.05, 0.1) is 12.4 Å². The Hall–Kier alpha value is -1.76. The van der Waals surface area contributed by atoms with Gasteiger partial charge >= 0.3 is 0 Å². The lowest BCUT2D eigenvalue weighted by Gasteiger charge is -2.09. The molecule has 0 aliphatic carbocycles. The molecule has 20 heavy (non-hydrogen) atoms. The Morgan fingerprint density at radius 1 is 1.30 bits per heavy atom. The summed E-state index contributed by atoms with van der Waals surface area (Å²) < 4.78 is 27.9. The monoisotopic (exact) mass is 300 g/mol. The predicted molar refractivity (Wildman–Crippen MR) is 78.7 cm³/mol. The van der Waals surface area contributed by atoms with E-state index < -0.39 is 9.84 Å². The number of benzene rings is 1. The van der Waals surface area contributed by atoms with Gasteiger partial charge in [0, 0.05) is 29.6 Å². The number of hydrogen-bond acceptors (Lipinski definition) is 5. The van der Waals surface area contributed by atoms with Crippen LogP contribution in [0, 0.1) is 0 Å². The maximum atomic E-state index is 11.9. The molecule has 0 radical (unpaired) electrons. The molecule has 0 heterocycles. The van der Waals surface area contributed by atoms with Crippen molar-refractivity contribution in [2.24, 2.45) is 0 Å². The van der Waals surface area contributed by atoms with Gasteiger partial charge in [-0.2, -0.15) is 0 Å². The molecular weight excluding hydrogens is 280 g/mol. The van der Waals surface area contributed by atoms with E-state index >= 15 is 0 Å². The molecule has 7 heteroatoms. The first-order chi connectivity index (χ1) is 9.38. The molecule has 0 aromatic heterocycles. The molecule has 1 aromatic rings. The van der Waals surface area contributed by atoms with Crippen LogP contribution in [0.25, 0.3) is 0 Å². The first-order valence-corrected chi connectivity index (χ1v) is 8.22. The lowest BCUT2D eigenvalue weighted by Crippen LogP contribution is -2.29. The minimum atomic E-state index is -3.09. The second-order valence-electron chi connectivity index (χ2n) is 4.22. The summed E-state index contributed by atoms with van der Waals surface area (Å²) in [5.74, 6) is 0.134. The van der Waals surface area contributed by atoms with Gasteiger partial charge in [0.15, 0.2) is 9.84 Å². The maximum absolute atomic E-state index is 11.9. The van der Waals surface area contributed by atoms with Gasteiger partial charge in [-0.05, 0) is 19.1 Å². The van der Waals surface area contributed by atoms with E-state index in [0.717, 1.165) is 0 Å². The smallest absolute Gasteiger partial charge is 0.251 e. The lowest BCUT2D eigenvalue weighted by atomic mass is 10.2. The molecule has 6 nitrogen and oxygen atoms in total. The summed E-state index contributed by atoms with van der Waals surface area (Å²) in [7, 11) is -3.09. The van der Waals surface area contributed by atoms with E-state index in [2.05, 4.69) is 5.32 Å². The third kappa shape index (κ3) is 5.08. The number of rotatable bonds is 7. The van der Waals surface area contributed by atoms with E-state index in [1.54, 1.807) is 19.1 Å². The fourth-order valence-electron chi connectivity index (χ4n) is 1.57. The van der Waals surface area contributed by atoms with Crippen molar-refractivity contribution in [1.82, 2.24) is 5.32 Å². The number of nitrogen functional groups attached to an aromatic ring is 1. The molecule has 112 valence electrons. The molecule has 0 aliphatic heterocycles. The van der Waals surface area contributed by atoms with E-state index in [1.165, 1.54) is 6.07 Å². The second kappa shape index (κ2) is 7.14. The van der Waals surface area contributed by atoms with Crippen LogP contribution in [-0.2, 0) is 9.84 Å². The minimum absolute atomic E-state index is 0.0651. The Morgan fingerprint density at radius 2 is 2.00 bits per heavy atom. The number of carbonyl (C=O) groups excluding carboxylic acids is 1. The van der Waals surface area contributed by atoms with Crippen LogP contribution in [-0.4, -0.2) is 39.0 Å². The molecular formula is C13H20N2O4S. The average molecular weight is 300 g/mol. The normalized spacial score (nSPS) is 11.1. The average Bonchev–Trinajstić information content (AvgIpc) is 2.38. The van der Waals surface area contributed by atoms with E-state index in [4.69, 9.17) is 10.5 Å². The highest BCUT2D eigenvalue weighted by Gasteiger charge is 2.11. The Balaban J connectivity index is 2.68. The van der Waals surface area contributed by atoms with Crippen LogP contribution in [0.3, 0.4) is 0 Å². The fourth-order valence-corrected chi connectivity index (χ4v) is 2.27. The molecule has 1 aromatic carbocycles. The van der Waals surface area contributed by atoms with Gasteiger partial charge in [0.25, 0.3) is 5.91 Å². The van der Waals surface area contributed by atoms with Gasteiger partial charge in [0.2, 0.25) is 0 Å². The van der Waals surface area contributed by atoms with Gasteiger partial charge < -0.3 is 15.8 Å². The van der Waals surface area contributed by atoms with Gasteiger partial charge in [-0.3, -0.25) is 4.79 Å². The third-order valence-electron chi connectivity index (χ3n) is 2.64. The number of hydrogen-bond donors (Lipinski definition) is 2. The first kappa shape index (κ1) is 16.3. The van der Waals surface area contributed by atoms with Crippen molar-refractivity contribution in [1.29, 1.82) is 0 Å². The van der Waals surface area contributed by atoms with Crippen molar-refractivity contribution in [3.8, 4) is 5.75 Å². The van der Waals surface area contributed by atoms with Gasteiger partial charge in [-0.1, -0.05) is 6.92 Å². The number of carbonyl (C=O) groups is 1. The van der Waals surface area contributed by atoms with Crippen LogP contribution in [0.5, 0.6) is 5.75 Å². The summed E-state index contributed by atoms with van der Waals surface area (Å²) in [5.41, 5.74) is 6.46. The van der Waals surface area contributed by atoms with E-state index in [9.17, 15) is 13.2 Å². The topological polar surface area (TPSA) is 98.5 Å². The Bertz CT molecular complexity index is 570. The summed E-state index contributed by atoms with van der Waals surface area (Å²) in [5, 5.41) is 2.56. The fraction of sp³-hybridized carbons (Fsp3) is 0.462. The van der Waals surface area contributed by atoms with E-state index in [0.29, 0.717) is 23.6 Å². The Kier molecular flexibility index (Phi) is 5.82. The van der Waals surface area contributed by atoms with Gasteiger partial charge in [-0.15, -0.1) is 0 Å². The quantitative estimate of drug-likeness (QED) is 0.727. The lowest BCUT2D eigenvalue weighted by molar-refractivity contribution is 0.0955. The van der Waals surface area contributed by atoms with Gasteiger partial charge in [0.1, 0.15) is 5.75 Å². The van der Waals surface area contributed by atoms with Gasteiger partial charge in [-0.25, -0.2) is 8.42 Å². The van der Waals surface area contributed by atoms with Crippen LogP contribution in [0.15, 0.2) is 18.2 Å².